The molecule has 4 heteroatoms. The molecule has 1 unspecified atom stereocenters. The zero-order valence-electron chi connectivity index (χ0n) is 19.5. The van der Waals surface area contributed by atoms with Gasteiger partial charge in [-0.3, -0.25) is 15.1 Å². The van der Waals surface area contributed by atoms with Crippen molar-refractivity contribution >= 4 is 24.1 Å². The zero-order chi connectivity index (χ0) is 22.1. The van der Waals surface area contributed by atoms with E-state index in [1.165, 1.54) is 11.6 Å². The Balaban J connectivity index is 2.46. The van der Waals surface area contributed by atoms with Gasteiger partial charge < -0.3 is 4.90 Å². The second-order valence-corrected chi connectivity index (χ2v) is 7.93. The Morgan fingerprint density at radius 1 is 1.17 bits per heavy atom. The van der Waals surface area contributed by atoms with E-state index in [1.807, 2.05) is 32.2 Å². The summed E-state index contributed by atoms with van der Waals surface area (Å²) in [6.45, 7) is 11.3. The SMILES string of the molecule is C/C=c1/c(Cc2ccc(C)nc2)cc(C=O)c(N(C)CNC(CC)CCC)/c1=C/C. The van der Waals surface area contributed by atoms with Gasteiger partial charge in [0.2, 0.25) is 0 Å². The van der Waals surface area contributed by atoms with Crippen LogP contribution in [0.25, 0.3) is 12.2 Å². The number of carbonyl (C=O) groups is 1. The third-order valence-corrected chi connectivity index (χ3v) is 5.69. The summed E-state index contributed by atoms with van der Waals surface area (Å²) in [7, 11) is 2.06. The van der Waals surface area contributed by atoms with Crippen molar-refractivity contribution in [1.82, 2.24) is 10.3 Å². The van der Waals surface area contributed by atoms with Crippen LogP contribution in [0.3, 0.4) is 0 Å². The van der Waals surface area contributed by atoms with Gasteiger partial charge in [-0.1, -0.05) is 38.5 Å². The number of nitrogens with one attached hydrogen (secondary N) is 1. The number of anilines is 1. The molecule has 2 rings (SSSR count). The Morgan fingerprint density at radius 2 is 1.90 bits per heavy atom. The maximum atomic E-state index is 12.1. The minimum atomic E-state index is 0.497. The number of aryl methyl sites for hydroxylation is 1. The highest BCUT2D eigenvalue weighted by atomic mass is 16.1. The number of nitrogens with zero attached hydrogens (tertiary/aromatic N) is 2. The average Bonchev–Trinajstić information content (AvgIpc) is 2.76. The first kappa shape index (κ1) is 23.8. The number of hydrogen-bond acceptors (Lipinski definition) is 4. The highest BCUT2D eigenvalue weighted by Crippen LogP contribution is 2.15. The van der Waals surface area contributed by atoms with Crippen molar-refractivity contribution < 1.29 is 4.79 Å². The summed E-state index contributed by atoms with van der Waals surface area (Å²) in [6, 6.07) is 6.69. The molecule has 0 aliphatic heterocycles. The summed E-state index contributed by atoms with van der Waals surface area (Å²) in [5.74, 6) is 0. The maximum absolute atomic E-state index is 12.1. The van der Waals surface area contributed by atoms with E-state index in [9.17, 15) is 4.79 Å². The number of benzene rings is 1. The summed E-state index contributed by atoms with van der Waals surface area (Å²) in [5, 5.41) is 5.95. The third kappa shape index (κ3) is 5.79. The van der Waals surface area contributed by atoms with Crippen molar-refractivity contribution in [3.8, 4) is 0 Å². The summed E-state index contributed by atoms with van der Waals surface area (Å²) in [6.07, 6.45) is 11.4. The molecule has 1 N–H and O–H groups in total. The molecule has 2 aromatic rings. The van der Waals surface area contributed by atoms with Crippen LogP contribution in [0.1, 0.15) is 74.1 Å². The molecule has 0 bridgehead atoms. The van der Waals surface area contributed by atoms with Crippen LogP contribution in [0.15, 0.2) is 24.4 Å². The van der Waals surface area contributed by atoms with E-state index in [-0.39, 0.29) is 0 Å². The topological polar surface area (TPSA) is 45.2 Å². The number of hydrogen-bond donors (Lipinski definition) is 1. The van der Waals surface area contributed by atoms with Gasteiger partial charge in [-0.15, -0.1) is 0 Å². The van der Waals surface area contributed by atoms with Crippen molar-refractivity contribution in [3.63, 3.8) is 0 Å². The van der Waals surface area contributed by atoms with E-state index in [2.05, 4.69) is 61.2 Å². The van der Waals surface area contributed by atoms with Gasteiger partial charge in [0.15, 0.2) is 6.29 Å². The van der Waals surface area contributed by atoms with Gasteiger partial charge in [-0.2, -0.15) is 0 Å². The highest BCUT2D eigenvalue weighted by Gasteiger charge is 2.14. The molecule has 0 radical (unpaired) electrons. The quantitative estimate of drug-likeness (QED) is 0.478. The van der Waals surface area contributed by atoms with Crippen molar-refractivity contribution in [2.75, 3.05) is 18.6 Å². The Labute approximate surface area is 181 Å². The molecular weight excluding hydrogens is 370 g/mol. The summed E-state index contributed by atoms with van der Waals surface area (Å²) >= 11 is 0. The van der Waals surface area contributed by atoms with Gasteiger partial charge in [0.25, 0.3) is 0 Å². The van der Waals surface area contributed by atoms with Gasteiger partial charge in [-0.05, 0) is 68.5 Å². The molecular formula is C26H37N3O. The minimum Gasteiger partial charge on any atom is -0.361 e. The largest absolute Gasteiger partial charge is 0.361 e. The van der Waals surface area contributed by atoms with E-state index in [0.29, 0.717) is 12.7 Å². The van der Waals surface area contributed by atoms with E-state index in [1.54, 1.807) is 0 Å². The van der Waals surface area contributed by atoms with E-state index in [4.69, 9.17) is 0 Å². The molecule has 0 saturated carbocycles. The molecule has 0 spiro atoms. The third-order valence-electron chi connectivity index (χ3n) is 5.69. The van der Waals surface area contributed by atoms with Crippen molar-refractivity contribution in [2.24, 2.45) is 0 Å². The van der Waals surface area contributed by atoms with Crippen LogP contribution in [0, 0.1) is 6.92 Å². The van der Waals surface area contributed by atoms with Crippen LogP contribution in [0.4, 0.5) is 5.69 Å². The molecule has 1 heterocycles. The summed E-state index contributed by atoms with van der Waals surface area (Å²) < 4.78 is 0. The van der Waals surface area contributed by atoms with Crippen LogP contribution in [-0.4, -0.2) is 31.0 Å². The fourth-order valence-corrected chi connectivity index (χ4v) is 4.05. The molecule has 1 aromatic carbocycles. The molecule has 0 aliphatic carbocycles. The van der Waals surface area contributed by atoms with Crippen LogP contribution >= 0.6 is 0 Å². The smallest absolute Gasteiger partial charge is 0.152 e. The molecule has 0 fully saturated rings. The summed E-state index contributed by atoms with van der Waals surface area (Å²) in [4.78, 5) is 18.7. The Morgan fingerprint density at radius 3 is 2.43 bits per heavy atom. The van der Waals surface area contributed by atoms with E-state index < -0.39 is 0 Å². The van der Waals surface area contributed by atoms with Gasteiger partial charge in [0.05, 0.1) is 12.4 Å². The van der Waals surface area contributed by atoms with Gasteiger partial charge in [0.1, 0.15) is 0 Å². The standard InChI is InChI=1S/C26H37N3O/c1-7-11-23(8-2)28-18-29(6)26-22(17-30)15-21(24(9-3)25(26)10-4)14-20-13-12-19(5)27-16-20/h9-10,12-13,15-17,23,28H,7-8,11,14,18H2,1-6H3/b24-9-,25-10+. The first-order valence-corrected chi connectivity index (χ1v) is 11.1. The second-order valence-electron chi connectivity index (χ2n) is 7.93. The monoisotopic (exact) mass is 407 g/mol. The normalized spacial score (nSPS) is 13.5. The molecule has 1 atom stereocenters. The first-order chi connectivity index (χ1) is 14.5. The van der Waals surface area contributed by atoms with Crippen LogP contribution < -0.4 is 20.7 Å². The Bertz CT molecular complexity index is 948. The Kier molecular flexibility index (Phi) is 9.25. The predicted molar refractivity (Wildman–Crippen MR) is 129 cm³/mol. The first-order valence-electron chi connectivity index (χ1n) is 11.1. The minimum absolute atomic E-state index is 0.497. The van der Waals surface area contributed by atoms with Gasteiger partial charge in [0, 0.05) is 35.8 Å². The zero-order valence-corrected chi connectivity index (χ0v) is 19.5. The number of aromatic nitrogens is 1. The molecule has 0 amide bonds. The summed E-state index contributed by atoms with van der Waals surface area (Å²) in [5.41, 5.74) is 5.04. The van der Waals surface area contributed by atoms with Crippen LogP contribution in [0.2, 0.25) is 0 Å². The molecule has 4 nitrogen and oxygen atoms in total. The average molecular weight is 408 g/mol. The molecule has 0 saturated heterocycles. The number of pyridine rings is 1. The molecule has 162 valence electrons. The lowest BCUT2D eigenvalue weighted by atomic mass is 9.97. The number of carbonyl (C=O) groups excluding carboxylic acids is 1. The number of rotatable bonds is 10. The molecule has 30 heavy (non-hydrogen) atoms. The lowest BCUT2D eigenvalue weighted by Crippen LogP contribution is -2.43. The molecule has 1 aromatic heterocycles. The lowest BCUT2D eigenvalue weighted by Gasteiger charge is -2.26. The van der Waals surface area contributed by atoms with Gasteiger partial charge in [-0.25, -0.2) is 0 Å². The highest BCUT2D eigenvalue weighted by molar-refractivity contribution is 5.85. The van der Waals surface area contributed by atoms with Crippen molar-refractivity contribution in [3.05, 3.63) is 57.2 Å². The van der Waals surface area contributed by atoms with Crippen molar-refractivity contribution in [2.45, 2.75) is 66.3 Å². The maximum Gasteiger partial charge on any atom is 0.152 e. The van der Waals surface area contributed by atoms with Crippen LogP contribution in [0.5, 0.6) is 0 Å². The van der Waals surface area contributed by atoms with E-state index >= 15 is 0 Å². The second kappa shape index (κ2) is 11.7. The van der Waals surface area contributed by atoms with Gasteiger partial charge >= 0.3 is 0 Å². The van der Waals surface area contributed by atoms with Crippen molar-refractivity contribution in [1.29, 1.82) is 0 Å². The molecule has 0 aliphatic rings. The van der Waals surface area contributed by atoms with E-state index in [0.717, 1.165) is 58.8 Å². The number of aldehydes is 1. The fourth-order valence-electron chi connectivity index (χ4n) is 4.05. The van der Waals surface area contributed by atoms with Crippen LogP contribution in [-0.2, 0) is 6.42 Å². The lowest BCUT2D eigenvalue weighted by molar-refractivity contribution is 0.112. The predicted octanol–water partition coefficient (Wildman–Crippen LogP) is 3.96. The Hall–Kier alpha value is -2.46. The fraction of sp³-hybridized carbons (Fsp3) is 0.462.